The molecule has 0 bridgehead atoms. The number of fused-ring (bicyclic) bond motifs is 1. The van der Waals surface area contributed by atoms with Gasteiger partial charge in [-0.2, -0.15) is 0 Å². The molecule has 0 saturated carbocycles. The van der Waals surface area contributed by atoms with E-state index in [1.165, 1.54) is 22.3 Å². The molecule has 1 nitrogen and oxygen atoms in total. The topological polar surface area (TPSA) is 20.2 Å². The van der Waals surface area contributed by atoms with Gasteiger partial charge in [0.15, 0.2) is 0 Å². The maximum Gasteiger partial charge on any atom is 0.0583 e. The molecule has 70 valence electrons. The van der Waals surface area contributed by atoms with Crippen molar-refractivity contribution in [2.75, 3.05) is 0 Å². The number of hydrogen-bond donors (Lipinski definition) is 1. The first-order chi connectivity index (χ1) is 6.16. The molecule has 1 atom stereocenters. The molecular formula is C12H16O. The van der Waals surface area contributed by atoms with Crippen LogP contribution in [0, 0.1) is 13.8 Å². The monoisotopic (exact) mass is 176 g/mol. The SMILES string of the molecule is Cc1cc2c(cc1C)CC(O)CC2. The van der Waals surface area contributed by atoms with Crippen LogP contribution in [-0.4, -0.2) is 11.2 Å². The quantitative estimate of drug-likeness (QED) is 0.642. The molecule has 0 heterocycles. The van der Waals surface area contributed by atoms with Crippen molar-refractivity contribution in [3.8, 4) is 0 Å². The molecule has 0 saturated heterocycles. The molecule has 1 heteroatoms. The first-order valence-electron chi connectivity index (χ1n) is 4.94. The van der Waals surface area contributed by atoms with E-state index in [1.807, 2.05) is 0 Å². The Morgan fingerprint density at radius 1 is 1.15 bits per heavy atom. The highest BCUT2D eigenvalue weighted by atomic mass is 16.3. The van der Waals surface area contributed by atoms with Gasteiger partial charge in [-0.25, -0.2) is 0 Å². The average Bonchev–Trinajstić information content (AvgIpc) is 2.08. The van der Waals surface area contributed by atoms with E-state index in [0.717, 1.165) is 19.3 Å². The van der Waals surface area contributed by atoms with Gasteiger partial charge in [0.05, 0.1) is 6.10 Å². The molecule has 0 aliphatic heterocycles. The summed E-state index contributed by atoms with van der Waals surface area (Å²) in [5.74, 6) is 0. The highest BCUT2D eigenvalue weighted by molar-refractivity contribution is 5.38. The van der Waals surface area contributed by atoms with Crippen LogP contribution in [0.25, 0.3) is 0 Å². The van der Waals surface area contributed by atoms with E-state index in [9.17, 15) is 5.11 Å². The van der Waals surface area contributed by atoms with E-state index in [1.54, 1.807) is 0 Å². The highest BCUT2D eigenvalue weighted by Crippen LogP contribution is 2.24. The standard InChI is InChI=1S/C12H16O/c1-8-5-10-3-4-12(13)7-11(10)6-9(8)2/h5-6,12-13H,3-4,7H2,1-2H3. The summed E-state index contributed by atoms with van der Waals surface area (Å²) in [6.07, 6.45) is 2.69. The van der Waals surface area contributed by atoms with Crippen LogP contribution in [-0.2, 0) is 12.8 Å². The van der Waals surface area contributed by atoms with Gasteiger partial charge >= 0.3 is 0 Å². The molecule has 2 rings (SSSR count). The van der Waals surface area contributed by atoms with Crippen molar-refractivity contribution in [3.05, 3.63) is 34.4 Å². The van der Waals surface area contributed by atoms with E-state index in [-0.39, 0.29) is 6.10 Å². The number of benzene rings is 1. The van der Waals surface area contributed by atoms with Crippen molar-refractivity contribution in [3.63, 3.8) is 0 Å². The van der Waals surface area contributed by atoms with Crippen molar-refractivity contribution in [2.45, 2.75) is 39.2 Å². The molecule has 0 fully saturated rings. The predicted octanol–water partition coefficient (Wildman–Crippen LogP) is 2.15. The fraction of sp³-hybridized carbons (Fsp3) is 0.500. The Balaban J connectivity index is 2.43. The number of aryl methyl sites for hydroxylation is 3. The van der Waals surface area contributed by atoms with Gasteiger partial charge in [0.25, 0.3) is 0 Å². The lowest BCUT2D eigenvalue weighted by Gasteiger charge is -2.21. The molecule has 1 aromatic rings. The van der Waals surface area contributed by atoms with E-state index in [0.29, 0.717) is 0 Å². The van der Waals surface area contributed by atoms with Crippen LogP contribution in [0.3, 0.4) is 0 Å². The van der Waals surface area contributed by atoms with E-state index in [4.69, 9.17) is 0 Å². The molecule has 13 heavy (non-hydrogen) atoms. The Morgan fingerprint density at radius 3 is 2.46 bits per heavy atom. The van der Waals surface area contributed by atoms with Crippen molar-refractivity contribution in [1.29, 1.82) is 0 Å². The molecular weight excluding hydrogens is 160 g/mol. The molecule has 0 spiro atoms. The van der Waals surface area contributed by atoms with Crippen LogP contribution in [0.5, 0.6) is 0 Å². The fourth-order valence-corrected chi connectivity index (χ4v) is 2.04. The minimum absolute atomic E-state index is 0.116. The van der Waals surface area contributed by atoms with Gasteiger partial charge in [-0.3, -0.25) is 0 Å². The minimum atomic E-state index is -0.116. The summed E-state index contributed by atoms with van der Waals surface area (Å²) in [6.45, 7) is 4.29. The third kappa shape index (κ3) is 1.61. The zero-order valence-electron chi connectivity index (χ0n) is 8.30. The van der Waals surface area contributed by atoms with E-state index >= 15 is 0 Å². The van der Waals surface area contributed by atoms with Crippen LogP contribution in [0.1, 0.15) is 28.7 Å². The number of aliphatic hydroxyl groups excluding tert-OH is 1. The lowest BCUT2D eigenvalue weighted by Crippen LogP contribution is -2.18. The highest BCUT2D eigenvalue weighted by Gasteiger charge is 2.16. The molecule has 1 N–H and O–H groups in total. The first-order valence-corrected chi connectivity index (χ1v) is 4.94. The summed E-state index contributed by atoms with van der Waals surface area (Å²) in [6, 6.07) is 4.50. The Bertz CT molecular complexity index is 328. The Hall–Kier alpha value is -0.820. The van der Waals surface area contributed by atoms with Gasteiger partial charge in [-0.1, -0.05) is 12.1 Å². The van der Waals surface area contributed by atoms with Crippen LogP contribution < -0.4 is 0 Å². The molecule has 1 unspecified atom stereocenters. The van der Waals surface area contributed by atoms with Gasteiger partial charge in [0.2, 0.25) is 0 Å². The van der Waals surface area contributed by atoms with Crippen LogP contribution in [0.2, 0.25) is 0 Å². The summed E-state index contributed by atoms with van der Waals surface area (Å²) in [5, 5.41) is 9.52. The molecule has 0 radical (unpaired) electrons. The zero-order chi connectivity index (χ0) is 9.42. The van der Waals surface area contributed by atoms with E-state index < -0.39 is 0 Å². The van der Waals surface area contributed by atoms with Gasteiger partial charge in [0.1, 0.15) is 0 Å². The Labute approximate surface area is 79.4 Å². The third-order valence-electron chi connectivity index (χ3n) is 3.02. The molecule has 1 aliphatic carbocycles. The smallest absolute Gasteiger partial charge is 0.0583 e. The van der Waals surface area contributed by atoms with Crippen molar-refractivity contribution >= 4 is 0 Å². The summed E-state index contributed by atoms with van der Waals surface area (Å²) < 4.78 is 0. The third-order valence-corrected chi connectivity index (χ3v) is 3.02. The van der Waals surface area contributed by atoms with E-state index in [2.05, 4.69) is 26.0 Å². The lowest BCUT2D eigenvalue weighted by atomic mass is 9.87. The number of hydrogen-bond acceptors (Lipinski definition) is 1. The number of aliphatic hydroxyl groups is 1. The molecule has 1 aliphatic rings. The van der Waals surface area contributed by atoms with Gasteiger partial charge in [0, 0.05) is 0 Å². The maximum absolute atomic E-state index is 9.52. The summed E-state index contributed by atoms with van der Waals surface area (Å²) in [5.41, 5.74) is 5.50. The average molecular weight is 176 g/mol. The summed E-state index contributed by atoms with van der Waals surface area (Å²) >= 11 is 0. The zero-order valence-corrected chi connectivity index (χ0v) is 8.30. The second-order valence-electron chi connectivity index (χ2n) is 4.10. The van der Waals surface area contributed by atoms with Crippen LogP contribution in [0.15, 0.2) is 12.1 Å². The van der Waals surface area contributed by atoms with Crippen LogP contribution >= 0.6 is 0 Å². The first kappa shape index (κ1) is 8.76. The largest absolute Gasteiger partial charge is 0.393 e. The molecule has 0 aromatic heterocycles. The molecule has 1 aromatic carbocycles. The lowest BCUT2D eigenvalue weighted by molar-refractivity contribution is 0.158. The number of rotatable bonds is 0. The van der Waals surface area contributed by atoms with Crippen molar-refractivity contribution in [2.24, 2.45) is 0 Å². The Kier molecular flexibility index (Phi) is 2.12. The van der Waals surface area contributed by atoms with Crippen molar-refractivity contribution in [1.82, 2.24) is 0 Å². The minimum Gasteiger partial charge on any atom is -0.393 e. The van der Waals surface area contributed by atoms with Gasteiger partial charge < -0.3 is 5.11 Å². The normalized spacial score (nSPS) is 21.3. The second-order valence-corrected chi connectivity index (χ2v) is 4.10. The van der Waals surface area contributed by atoms with Crippen LogP contribution in [0.4, 0.5) is 0 Å². The van der Waals surface area contributed by atoms with Gasteiger partial charge in [-0.05, 0) is 55.4 Å². The van der Waals surface area contributed by atoms with Gasteiger partial charge in [-0.15, -0.1) is 0 Å². The summed E-state index contributed by atoms with van der Waals surface area (Å²) in [4.78, 5) is 0. The predicted molar refractivity (Wildman–Crippen MR) is 53.9 cm³/mol. The Morgan fingerprint density at radius 2 is 1.77 bits per heavy atom. The maximum atomic E-state index is 9.52. The summed E-state index contributed by atoms with van der Waals surface area (Å²) in [7, 11) is 0. The molecule has 0 amide bonds. The fourth-order valence-electron chi connectivity index (χ4n) is 2.04. The van der Waals surface area contributed by atoms with Crippen molar-refractivity contribution < 1.29 is 5.11 Å². The second kappa shape index (κ2) is 3.15.